The molecule has 2 N–H and O–H groups in total. The molecular weight excluding hydrogens is 242 g/mol. The molecule has 2 heterocycles. The Kier molecular flexibility index (Phi) is 2.89. The average molecular weight is 257 g/mol. The van der Waals surface area contributed by atoms with E-state index in [-0.39, 0.29) is 6.04 Å². The molecule has 0 saturated carbocycles. The van der Waals surface area contributed by atoms with E-state index in [2.05, 4.69) is 34.7 Å². The minimum atomic E-state index is 0.0290. The summed E-state index contributed by atoms with van der Waals surface area (Å²) in [6, 6.07) is 12.4. The summed E-state index contributed by atoms with van der Waals surface area (Å²) in [5.74, 6) is 0. The zero-order chi connectivity index (χ0) is 12.5. The molecule has 3 nitrogen and oxygen atoms in total. The zero-order valence-electron chi connectivity index (χ0n) is 10.2. The Balaban J connectivity index is 1.88. The van der Waals surface area contributed by atoms with Gasteiger partial charge in [-0.05, 0) is 31.2 Å². The van der Waals surface area contributed by atoms with E-state index in [0.29, 0.717) is 0 Å². The van der Waals surface area contributed by atoms with Gasteiger partial charge in [-0.3, -0.25) is 0 Å². The molecule has 0 aliphatic rings. The first-order valence-electron chi connectivity index (χ1n) is 5.96. The van der Waals surface area contributed by atoms with Crippen molar-refractivity contribution >= 4 is 22.4 Å². The van der Waals surface area contributed by atoms with Crippen LogP contribution in [0.2, 0.25) is 0 Å². The molecule has 18 heavy (non-hydrogen) atoms. The summed E-state index contributed by atoms with van der Waals surface area (Å²) >= 11 is 1.76. The lowest BCUT2D eigenvalue weighted by atomic mass is 10.2. The number of hydrogen-bond acceptors (Lipinski definition) is 3. The second-order valence-electron chi connectivity index (χ2n) is 4.44. The highest BCUT2D eigenvalue weighted by Gasteiger charge is 2.10. The predicted octanol–water partition coefficient (Wildman–Crippen LogP) is 3.11. The van der Waals surface area contributed by atoms with Gasteiger partial charge < -0.3 is 10.3 Å². The first-order valence-corrected chi connectivity index (χ1v) is 6.77. The van der Waals surface area contributed by atoms with Crippen molar-refractivity contribution in [3.05, 3.63) is 52.5 Å². The maximum Gasteiger partial charge on any atom is 0.0958 e. The normalized spacial score (nSPS) is 13.0. The van der Waals surface area contributed by atoms with Gasteiger partial charge in [-0.2, -0.15) is 0 Å². The second kappa shape index (κ2) is 4.55. The first-order chi connectivity index (χ1) is 8.74. The Morgan fingerprint density at radius 3 is 2.89 bits per heavy atom. The summed E-state index contributed by atoms with van der Waals surface area (Å²) in [4.78, 5) is 6.91. The van der Waals surface area contributed by atoms with E-state index in [0.717, 1.165) is 17.6 Å². The van der Waals surface area contributed by atoms with Crippen molar-refractivity contribution in [1.29, 1.82) is 0 Å². The van der Waals surface area contributed by atoms with Gasteiger partial charge in [0, 0.05) is 16.3 Å². The van der Waals surface area contributed by atoms with E-state index in [9.17, 15) is 0 Å². The summed E-state index contributed by atoms with van der Waals surface area (Å²) < 4.78 is 2.12. The van der Waals surface area contributed by atoms with Gasteiger partial charge in [0.05, 0.1) is 23.4 Å². The smallest absolute Gasteiger partial charge is 0.0958 e. The van der Waals surface area contributed by atoms with E-state index in [1.807, 2.05) is 24.5 Å². The first kappa shape index (κ1) is 11.4. The minimum Gasteiger partial charge on any atom is -0.329 e. The van der Waals surface area contributed by atoms with Crippen molar-refractivity contribution in [1.82, 2.24) is 9.55 Å². The Morgan fingerprint density at radius 2 is 2.11 bits per heavy atom. The number of para-hydroxylation sites is 2. The lowest BCUT2D eigenvalue weighted by Gasteiger charge is -2.11. The number of benzene rings is 1. The zero-order valence-corrected chi connectivity index (χ0v) is 11.0. The van der Waals surface area contributed by atoms with Gasteiger partial charge in [0.2, 0.25) is 0 Å². The van der Waals surface area contributed by atoms with Crippen LogP contribution in [-0.4, -0.2) is 9.55 Å². The van der Waals surface area contributed by atoms with Gasteiger partial charge in [0.15, 0.2) is 0 Å². The maximum absolute atomic E-state index is 6.25. The third-order valence-corrected chi connectivity index (χ3v) is 4.18. The molecule has 2 aromatic heterocycles. The Labute approximate surface area is 110 Å². The van der Waals surface area contributed by atoms with E-state index in [1.165, 1.54) is 9.75 Å². The van der Waals surface area contributed by atoms with Gasteiger partial charge in [-0.1, -0.05) is 12.1 Å². The standard InChI is InChI=1S/C14H15N3S/c1-10-6-7-14(18-10)11(15)8-17-9-16-12-4-2-3-5-13(12)17/h2-7,9,11H,8,15H2,1H3. The molecule has 0 fully saturated rings. The van der Waals surface area contributed by atoms with Crippen LogP contribution in [0.4, 0.5) is 0 Å². The van der Waals surface area contributed by atoms with Crippen LogP contribution in [0.15, 0.2) is 42.7 Å². The Morgan fingerprint density at radius 1 is 1.28 bits per heavy atom. The molecule has 1 unspecified atom stereocenters. The van der Waals surface area contributed by atoms with Gasteiger partial charge in [-0.15, -0.1) is 11.3 Å². The van der Waals surface area contributed by atoms with Crippen molar-refractivity contribution in [3.8, 4) is 0 Å². The second-order valence-corrected chi connectivity index (χ2v) is 5.76. The van der Waals surface area contributed by atoms with Gasteiger partial charge in [0.1, 0.15) is 0 Å². The number of nitrogens with two attached hydrogens (primary N) is 1. The minimum absolute atomic E-state index is 0.0290. The van der Waals surface area contributed by atoms with Gasteiger partial charge in [0.25, 0.3) is 0 Å². The molecule has 3 aromatic rings. The number of hydrogen-bond donors (Lipinski definition) is 1. The molecule has 0 amide bonds. The summed E-state index contributed by atoms with van der Waals surface area (Å²) in [5, 5.41) is 0. The van der Waals surface area contributed by atoms with Crippen molar-refractivity contribution in [3.63, 3.8) is 0 Å². The third kappa shape index (κ3) is 2.05. The monoisotopic (exact) mass is 257 g/mol. The molecule has 1 aromatic carbocycles. The summed E-state index contributed by atoms with van der Waals surface area (Å²) in [6.07, 6.45) is 1.87. The van der Waals surface area contributed by atoms with E-state index in [1.54, 1.807) is 11.3 Å². The fourth-order valence-corrected chi connectivity index (χ4v) is 2.98. The van der Waals surface area contributed by atoms with Crippen molar-refractivity contribution in [2.24, 2.45) is 5.73 Å². The van der Waals surface area contributed by atoms with Crippen molar-refractivity contribution in [2.75, 3.05) is 0 Å². The Bertz CT molecular complexity index is 668. The molecule has 0 radical (unpaired) electrons. The van der Waals surface area contributed by atoms with E-state index in [4.69, 9.17) is 5.73 Å². The molecule has 0 spiro atoms. The number of rotatable bonds is 3. The summed E-state index contributed by atoms with van der Waals surface area (Å²) in [7, 11) is 0. The fourth-order valence-electron chi connectivity index (χ4n) is 2.11. The lowest BCUT2D eigenvalue weighted by molar-refractivity contribution is 0.596. The number of fused-ring (bicyclic) bond motifs is 1. The maximum atomic E-state index is 6.25. The highest BCUT2D eigenvalue weighted by molar-refractivity contribution is 7.12. The topological polar surface area (TPSA) is 43.8 Å². The fraction of sp³-hybridized carbons (Fsp3) is 0.214. The van der Waals surface area contributed by atoms with Gasteiger partial charge in [-0.25, -0.2) is 4.98 Å². The molecule has 92 valence electrons. The SMILES string of the molecule is Cc1ccc(C(N)Cn2cnc3ccccc32)s1. The summed E-state index contributed by atoms with van der Waals surface area (Å²) in [5.41, 5.74) is 8.41. The number of thiophene rings is 1. The molecule has 0 bridgehead atoms. The van der Waals surface area contributed by atoms with Crippen LogP contribution in [0.3, 0.4) is 0 Å². The highest BCUT2D eigenvalue weighted by atomic mass is 32.1. The van der Waals surface area contributed by atoms with Crippen LogP contribution in [0, 0.1) is 6.92 Å². The highest BCUT2D eigenvalue weighted by Crippen LogP contribution is 2.23. The van der Waals surface area contributed by atoms with Crippen LogP contribution in [-0.2, 0) is 6.54 Å². The van der Waals surface area contributed by atoms with Gasteiger partial charge >= 0.3 is 0 Å². The molecule has 1 atom stereocenters. The van der Waals surface area contributed by atoms with Crippen LogP contribution in [0.25, 0.3) is 11.0 Å². The number of imidazole rings is 1. The van der Waals surface area contributed by atoms with Crippen molar-refractivity contribution in [2.45, 2.75) is 19.5 Å². The number of aromatic nitrogens is 2. The molecular formula is C14H15N3S. The van der Waals surface area contributed by atoms with Crippen LogP contribution >= 0.6 is 11.3 Å². The third-order valence-electron chi connectivity index (χ3n) is 3.05. The molecule has 3 rings (SSSR count). The molecule has 4 heteroatoms. The van der Waals surface area contributed by atoms with Crippen molar-refractivity contribution < 1.29 is 0 Å². The van der Waals surface area contributed by atoms with E-state index >= 15 is 0 Å². The molecule has 0 saturated heterocycles. The summed E-state index contributed by atoms with van der Waals surface area (Å²) in [6.45, 7) is 2.87. The largest absolute Gasteiger partial charge is 0.329 e. The predicted molar refractivity (Wildman–Crippen MR) is 75.7 cm³/mol. The number of aryl methyl sites for hydroxylation is 1. The van der Waals surface area contributed by atoms with Crippen LogP contribution in [0.1, 0.15) is 15.8 Å². The molecule has 0 aliphatic carbocycles. The quantitative estimate of drug-likeness (QED) is 0.783. The van der Waals surface area contributed by atoms with Crippen LogP contribution in [0.5, 0.6) is 0 Å². The van der Waals surface area contributed by atoms with E-state index < -0.39 is 0 Å². The average Bonchev–Trinajstić information content (AvgIpc) is 2.97. The lowest BCUT2D eigenvalue weighted by Crippen LogP contribution is -2.15. The van der Waals surface area contributed by atoms with Crippen LogP contribution < -0.4 is 5.73 Å². The number of nitrogens with zero attached hydrogens (tertiary/aromatic N) is 2. The molecule has 0 aliphatic heterocycles. The Hall–Kier alpha value is -1.65.